The molecule has 0 saturated carbocycles. The smallest absolute Gasteiger partial charge is 0.744 e. The Hall–Kier alpha value is -1.06. The largest absolute Gasteiger partial charge is 1.00 e. The van der Waals surface area contributed by atoms with E-state index in [-0.39, 0.29) is 70.4 Å². The van der Waals surface area contributed by atoms with Crippen molar-refractivity contribution in [2.75, 3.05) is 24.0 Å². The van der Waals surface area contributed by atoms with Crippen LogP contribution in [0.3, 0.4) is 0 Å². The topological polar surface area (TPSA) is 150 Å². The first-order valence-corrected chi connectivity index (χ1v) is 11.6. The van der Waals surface area contributed by atoms with E-state index in [2.05, 4.69) is 5.10 Å². The monoisotopic (exact) mass is 509 g/mol. The van der Waals surface area contributed by atoms with Crippen LogP contribution in [0.2, 0.25) is 0 Å². The Morgan fingerprint density at radius 1 is 0.939 bits per heavy atom. The van der Waals surface area contributed by atoms with Crippen molar-refractivity contribution in [1.29, 1.82) is 0 Å². The summed E-state index contributed by atoms with van der Waals surface area (Å²) in [5, 5.41) is 4.72. The number of hydrazone groups is 1. The molecule has 1 amide bonds. The predicted octanol–water partition coefficient (Wildman–Crippen LogP) is -4.63. The number of carbonyl (C=O) groups is 1. The zero-order valence-electron chi connectivity index (χ0n) is 18.6. The molecule has 33 heavy (non-hydrogen) atoms. The summed E-state index contributed by atoms with van der Waals surface area (Å²) >= 11 is 0. The molecule has 0 fully saturated rings. The molecule has 0 atom stereocenters. The first kappa shape index (κ1) is 30.0. The van der Waals surface area contributed by atoms with E-state index in [1.54, 1.807) is 18.2 Å². The van der Waals surface area contributed by atoms with Gasteiger partial charge in [0.1, 0.15) is 20.2 Å². The normalized spacial score (nSPS) is 15.1. The van der Waals surface area contributed by atoms with Crippen molar-refractivity contribution in [3.8, 4) is 0 Å². The van der Waals surface area contributed by atoms with Gasteiger partial charge in [-0.15, -0.1) is 0 Å². The second kappa shape index (κ2) is 11.1. The molecule has 0 unspecified atom stereocenters. The Morgan fingerprint density at radius 2 is 1.52 bits per heavy atom. The third-order valence-corrected chi connectivity index (χ3v) is 6.20. The minimum atomic E-state index is -5.22. The number of carbonyl (C=O) groups excluding carboxylic acids is 1. The molecule has 1 aliphatic heterocycles. The summed E-state index contributed by atoms with van der Waals surface area (Å²) in [4.78, 5) is 12.9. The Labute approximate surface area is 236 Å². The fraction of sp³-hybridized carbons (Fsp3) is 0.158. The molecule has 2 aromatic rings. The van der Waals surface area contributed by atoms with Crippen LogP contribution < -0.4 is 69.0 Å². The van der Waals surface area contributed by atoms with E-state index < -0.39 is 41.6 Å². The molecule has 2 aromatic carbocycles. The summed E-state index contributed by atoms with van der Waals surface area (Å²) in [6, 6.07) is 9.39. The second-order valence-corrected chi connectivity index (χ2v) is 9.61. The molecule has 0 saturated heterocycles. The summed E-state index contributed by atoms with van der Waals surface area (Å²) in [5.41, 5.74) is 1.61. The van der Waals surface area contributed by atoms with E-state index in [1.807, 2.05) is 31.1 Å². The van der Waals surface area contributed by atoms with Gasteiger partial charge in [0.2, 0.25) is 0 Å². The number of rotatable bonds is 5. The van der Waals surface area contributed by atoms with Crippen LogP contribution in [0.25, 0.3) is 6.08 Å². The molecular formula is C19H17N3Na2O7S2. The minimum absolute atomic E-state index is 0. The van der Waals surface area contributed by atoms with Crippen molar-refractivity contribution < 1.29 is 89.9 Å². The number of amides is 1. The van der Waals surface area contributed by atoms with Crippen molar-refractivity contribution in [2.45, 2.75) is 16.7 Å². The van der Waals surface area contributed by atoms with Crippen LogP contribution >= 0.6 is 0 Å². The van der Waals surface area contributed by atoms with Gasteiger partial charge in [0, 0.05) is 19.8 Å². The van der Waals surface area contributed by atoms with Gasteiger partial charge in [-0.3, -0.25) is 4.79 Å². The maximum atomic E-state index is 12.9. The fourth-order valence-corrected chi connectivity index (χ4v) is 4.16. The van der Waals surface area contributed by atoms with E-state index in [1.165, 1.54) is 6.92 Å². The van der Waals surface area contributed by atoms with Crippen molar-refractivity contribution in [1.82, 2.24) is 0 Å². The van der Waals surface area contributed by atoms with Crippen molar-refractivity contribution in [2.24, 2.45) is 5.10 Å². The zero-order valence-corrected chi connectivity index (χ0v) is 24.3. The Kier molecular flexibility index (Phi) is 10.1. The minimum Gasteiger partial charge on any atom is -0.744 e. The van der Waals surface area contributed by atoms with Crippen molar-refractivity contribution >= 4 is 49.3 Å². The van der Waals surface area contributed by atoms with Gasteiger partial charge in [0.05, 0.1) is 26.8 Å². The van der Waals surface area contributed by atoms with Gasteiger partial charge in [-0.05, 0) is 48.9 Å². The van der Waals surface area contributed by atoms with Crippen LogP contribution in [0.15, 0.2) is 62.9 Å². The van der Waals surface area contributed by atoms with Crippen LogP contribution in [0.1, 0.15) is 12.5 Å². The SMILES string of the molecule is CC1=NN(c2ccc(S(=O)(=O)[O-])cc2S(=O)(=O)[O-])C(=O)/C1=C\c1ccc(N(C)C)cc1.[Na+].[Na+]. The molecule has 0 N–H and O–H groups in total. The third-order valence-electron chi connectivity index (χ3n) is 4.50. The van der Waals surface area contributed by atoms with Crippen molar-refractivity contribution in [3.05, 3.63) is 53.6 Å². The maximum Gasteiger partial charge on any atom is 1.00 e. The summed E-state index contributed by atoms with van der Waals surface area (Å²) < 4.78 is 68.7. The van der Waals surface area contributed by atoms with Crippen molar-refractivity contribution in [3.63, 3.8) is 0 Å². The first-order chi connectivity index (χ1) is 14.3. The number of anilines is 2. The van der Waals surface area contributed by atoms with Gasteiger partial charge in [0.25, 0.3) is 5.91 Å². The molecule has 0 radical (unpaired) electrons. The molecule has 0 aliphatic carbocycles. The summed E-state index contributed by atoms with van der Waals surface area (Å²) in [5.74, 6) is -0.711. The van der Waals surface area contributed by atoms with Crippen LogP contribution in [0.5, 0.6) is 0 Å². The molecule has 0 aromatic heterocycles. The van der Waals surface area contributed by atoms with E-state index in [9.17, 15) is 30.7 Å². The fourth-order valence-electron chi connectivity index (χ4n) is 2.91. The molecule has 1 aliphatic rings. The summed E-state index contributed by atoms with van der Waals surface area (Å²) in [7, 11) is -6.48. The first-order valence-electron chi connectivity index (χ1n) is 8.74. The standard InChI is InChI=1S/C19H19N3O7S2.2Na/c1-12-16(10-13-4-6-14(7-5-13)21(2)3)19(23)22(20-12)17-9-8-15(30(24,25)26)11-18(17)31(27,28)29;;/h4-11H,1-3H3,(H,24,25,26)(H,27,28,29);;/q;2*+1/p-2/b16-10-;;. The number of hydrogen-bond donors (Lipinski definition) is 0. The van der Waals surface area contributed by atoms with Gasteiger partial charge in [-0.25, -0.2) is 16.8 Å². The average Bonchev–Trinajstić information content (AvgIpc) is 2.94. The third kappa shape index (κ3) is 6.75. The van der Waals surface area contributed by atoms with Gasteiger partial charge in [0.15, 0.2) is 0 Å². The van der Waals surface area contributed by atoms with Crippen LogP contribution in [0.4, 0.5) is 11.4 Å². The second-order valence-electron chi connectivity index (χ2n) is 6.88. The van der Waals surface area contributed by atoms with Gasteiger partial charge >= 0.3 is 59.1 Å². The molecular weight excluding hydrogens is 492 g/mol. The van der Waals surface area contributed by atoms with E-state index in [0.29, 0.717) is 16.6 Å². The van der Waals surface area contributed by atoms with Gasteiger partial charge in [-0.1, -0.05) is 12.1 Å². The molecule has 0 bridgehead atoms. The van der Waals surface area contributed by atoms with Gasteiger partial charge in [-0.2, -0.15) is 10.1 Å². The Balaban J connectivity index is 0.00000272. The molecule has 1 heterocycles. The zero-order chi connectivity index (χ0) is 23.1. The molecule has 164 valence electrons. The van der Waals surface area contributed by atoms with E-state index >= 15 is 0 Å². The van der Waals surface area contributed by atoms with E-state index in [4.69, 9.17) is 0 Å². The molecule has 10 nitrogen and oxygen atoms in total. The summed E-state index contributed by atoms with van der Waals surface area (Å²) in [6.07, 6.45) is 1.56. The Bertz CT molecular complexity index is 1340. The van der Waals surface area contributed by atoms with Crippen LogP contribution in [-0.2, 0) is 25.0 Å². The van der Waals surface area contributed by atoms with Gasteiger partial charge < -0.3 is 14.0 Å². The average molecular weight is 509 g/mol. The number of nitrogens with zero attached hydrogens (tertiary/aromatic N) is 3. The Morgan fingerprint density at radius 3 is 2.00 bits per heavy atom. The quantitative estimate of drug-likeness (QED) is 0.222. The summed E-state index contributed by atoms with van der Waals surface area (Å²) in [6.45, 7) is 1.53. The number of benzene rings is 2. The molecule has 0 spiro atoms. The van der Waals surface area contributed by atoms with Crippen LogP contribution in [0, 0.1) is 0 Å². The van der Waals surface area contributed by atoms with Crippen LogP contribution in [-0.4, -0.2) is 51.7 Å². The molecule has 14 heteroatoms. The predicted molar refractivity (Wildman–Crippen MR) is 112 cm³/mol. The maximum absolute atomic E-state index is 12.9. The van der Waals surface area contributed by atoms with E-state index in [0.717, 1.165) is 17.8 Å². The molecule has 3 rings (SSSR count). The number of hydrogen-bond acceptors (Lipinski definition) is 9.